The average molecular weight is 349 g/mol. The Balaban J connectivity index is 2.85. The van der Waals surface area contributed by atoms with Crippen molar-refractivity contribution in [3.05, 3.63) is 22.7 Å². The van der Waals surface area contributed by atoms with Gasteiger partial charge in [0.1, 0.15) is 11.3 Å². The summed E-state index contributed by atoms with van der Waals surface area (Å²) in [6, 6.07) is 2.27. The highest BCUT2D eigenvalue weighted by Crippen LogP contribution is 2.31. The number of amides is 2. The van der Waals surface area contributed by atoms with Gasteiger partial charge in [-0.3, -0.25) is 4.21 Å². The first-order valence-electron chi connectivity index (χ1n) is 6.19. The number of hydrogen-bond acceptors (Lipinski definition) is 5. The predicted molar refractivity (Wildman–Crippen MR) is 85.3 cm³/mol. The number of rotatable bonds is 6. The van der Waals surface area contributed by atoms with Crippen LogP contribution < -0.4 is 15.4 Å². The molecule has 0 saturated carbocycles. The second-order valence-electron chi connectivity index (χ2n) is 4.18. The van der Waals surface area contributed by atoms with Gasteiger partial charge in [0.05, 0.1) is 24.9 Å². The molecule has 9 heteroatoms. The molecule has 2 amide bonds. The number of urea groups is 1. The largest absolute Gasteiger partial charge is 0.496 e. The van der Waals surface area contributed by atoms with Crippen molar-refractivity contribution in [2.24, 2.45) is 0 Å². The summed E-state index contributed by atoms with van der Waals surface area (Å²) in [6.07, 6.45) is 1.55. The highest BCUT2D eigenvalue weighted by atomic mass is 35.5. The standard InChI is InChI=1S/C13H17ClN2O5S/c1-20-11-7-10(9(14)6-8(11)12(17)21-2)16-13(18)15-4-5-22(3)19/h6-7H,4-5H2,1-3H3,(H2,15,16,18)/t22-/m1/s1. The number of methoxy groups -OCH3 is 2. The minimum atomic E-state index is -0.987. The van der Waals surface area contributed by atoms with Crippen LogP contribution in [0.3, 0.4) is 0 Å². The number of carbonyl (C=O) groups is 2. The van der Waals surface area contributed by atoms with Crippen molar-refractivity contribution in [3.8, 4) is 5.75 Å². The van der Waals surface area contributed by atoms with Gasteiger partial charge in [-0.15, -0.1) is 0 Å². The number of nitrogens with one attached hydrogen (secondary N) is 2. The molecule has 0 saturated heterocycles. The third-order valence-electron chi connectivity index (χ3n) is 2.62. The highest BCUT2D eigenvalue weighted by molar-refractivity contribution is 7.84. The molecule has 0 fully saturated rings. The molecule has 1 rings (SSSR count). The number of esters is 1. The lowest BCUT2D eigenvalue weighted by molar-refractivity contribution is 0.0597. The lowest BCUT2D eigenvalue weighted by Gasteiger charge is -2.13. The topological polar surface area (TPSA) is 93.7 Å². The molecule has 0 aromatic heterocycles. The van der Waals surface area contributed by atoms with Gasteiger partial charge in [-0.1, -0.05) is 11.6 Å². The second-order valence-corrected chi connectivity index (χ2v) is 6.14. The molecule has 1 aromatic carbocycles. The Bertz CT molecular complexity index is 594. The number of halogens is 1. The summed E-state index contributed by atoms with van der Waals surface area (Å²) < 4.78 is 20.6. The van der Waals surface area contributed by atoms with Crippen molar-refractivity contribution in [1.82, 2.24) is 5.32 Å². The minimum Gasteiger partial charge on any atom is -0.496 e. The Kier molecular flexibility index (Phi) is 7.13. The quantitative estimate of drug-likeness (QED) is 0.762. The Labute approximate surface area is 135 Å². The van der Waals surface area contributed by atoms with E-state index in [1.807, 2.05) is 0 Å². The van der Waals surface area contributed by atoms with Crippen molar-refractivity contribution < 1.29 is 23.3 Å². The molecule has 0 heterocycles. The molecule has 1 aromatic rings. The van der Waals surface area contributed by atoms with Crippen molar-refractivity contribution in [1.29, 1.82) is 0 Å². The number of carbonyl (C=O) groups excluding carboxylic acids is 2. The molecule has 7 nitrogen and oxygen atoms in total. The van der Waals surface area contributed by atoms with E-state index in [1.54, 1.807) is 6.26 Å². The first-order valence-corrected chi connectivity index (χ1v) is 8.30. The maximum atomic E-state index is 11.7. The third kappa shape index (κ3) is 5.19. The zero-order chi connectivity index (χ0) is 16.7. The van der Waals surface area contributed by atoms with E-state index in [0.29, 0.717) is 5.75 Å². The summed E-state index contributed by atoms with van der Waals surface area (Å²) in [7, 11) is 1.64. The Hall–Kier alpha value is -1.80. The first-order chi connectivity index (χ1) is 10.4. The zero-order valence-electron chi connectivity index (χ0n) is 12.4. The van der Waals surface area contributed by atoms with E-state index in [0.717, 1.165) is 0 Å². The van der Waals surface area contributed by atoms with Gasteiger partial charge < -0.3 is 20.1 Å². The van der Waals surface area contributed by atoms with Crippen molar-refractivity contribution in [3.63, 3.8) is 0 Å². The maximum Gasteiger partial charge on any atom is 0.341 e. The fourth-order valence-electron chi connectivity index (χ4n) is 1.56. The lowest BCUT2D eigenvalue weighted by Crippen LogP contribution is -2.31. The Morgan fingerprint density at radius 1 is 1.32 bits per heavy atom. The van der Waals surface area contributed by atoms with Crippen LogP contribution >= 0.6 is 11.6 Å². The summed E-state index contributed by atoms with van der Waals surface area (Å²) in [4.78, 5) is 23.3. The zero-order valence-corrected chi connectivity index (χ0v) is 14.0. The van der Waals surface area contributed by atoms with Crippen molar-refractivity contribution in [2.75, 3.05) is 38.1 Å². The molecular formula is C13H17ClN2O5S. The lowest BCUT2D eigenvalue weighted by atomic mass is 10.2. The molecule has 0 bridgehead atoms. The number of hydrogen-bond donors (Lipinski definition) is 2. The van der Waals surface area contributed by atoms with E-state index in [4.69, 9.17) is 16.3 Å². The molecule has 2 N–H and O–H groups in total. The third-order valence-corrected chi connectivity index (χ3v) is 3.71. The summed E-state index contributed by atoms with van der Waals surface area (Å²) in [5, 5.41) is 5.23. The number of benzene rings is 1. The molecule has 1 atom stereocenters. The summed E-state index contributed by atoms with van der Waals surface area (Å²) in [6.45, 7) is 0.268. The highest BCUT2D eigenvalue weighted by Gasteiger charge is 2.17. The van der Waals surface area contributed by atoms with Gasteiger partial charge in [0, 0.05) is 35.4 Å². The number of ether oxygens (including phenoxy) is 2. The molecule has 22 heavy (non-hydrogen) atoms. The average Bonchev–Trinajstić information content (AvgIpc) is 2.47. The Morgan fingerprint density at radius 3 is 2.55 bits per heavy atom. The molecule has 0 radical (unpaired) electrons. The van der Waals surface area contributed by atoms with Crippen LogP contribution in [0.1, 0.15) is 10.4 Å². The van der Waals surface area contributed by atoms with E-state index in [-0.39, 0.29) is 28.6 Å². The van der Waals surface area contributed by atoms with Crippen molar-refractivity contribution in [2.45, 2.75) is 0 Å². The smallest absolute Gasteiger partial charge is 0.341 e. The maximum absolute atomic E-state index is 11.7. The minimum absolute atomic E-state index is 0.155. The van der Waals surface area contributed by atoms with Crippen LogP contribution in [0.25, 0.3) is 0 Å². The van der Waals surface area contributed by atoms with Crippen LogP contribution in [0.5, 0.6) is 5.75 Å². The van der Waals surface area contributed by atoms with Gasteiger partial charge in [-0.2, -0.15) is 0 Å². The predicted octanol–water partition coefficient (Wildman–Crippen LogP) is 1.64. The van der Waals surface area contributed by atoms with Crippen LogP contribution in [-0.2, 0) is 15.5 Å². The summed E-state index contributed by atoms with van der Waals surface area (Å²) >= 11 is 6.03. The van der Waals surface area contributed by atoms with Gasteiger partial charge in [0.15, 0.2) is 0 Å². The van der Waals surface area contributed by atoms with Gasteiger partial charge in [0.2, 0.25) is 0 Å². The molecular weight excluding hydrogens is 332 g/mol. The van der Waals surface area contributed by atoms with Gasteiger partial charge in [-0.05, 0) is 6.07 Å². The van der Waals surface area contributed by atoms with Crippen LogP contribution in [0, 0.1) is 0 Å². The van der Waals surface area contributed by atoms with Gasteiger partial charge in [-0.25, -0.2) is 9.59 Å². The fourth-order valence-corrected chi connectivity index (χ4v) is 2.16. The summed E-state index contributed by atoms with van der Waals surface area (Å²) in [5.41, 5.74) is 0.434. The molecule has 0 aliphatic heterocycles. The normalized spacial score (nSPS) is 11.5. The van der Waals surface area contributed by atoms with Crippen LogP contribution in [0.15, 0.2) is 12.1 Å². The molecule has 0 aliphatic carbocycles. The van der Waals surface area contributed by atoms with Crippen LogP contribution in [-0.4, -0.2) is 49.0 Å². The SMILES string of the molecule is COC(=O)c1cc(Cl)c(NC(=O)NCC[S@@](C)=O)cc1OC. The fraction of sp³-hybridized carbons (Fsp3) is 0.385. The van der Waals surface area contributed by atoms with E-state index < -0.39 is 22.8 Å². The van der Waals surface area contributed by atoms with Crippen molar-refractivity contribution >= 4 is 40.1 Å². The van der Waals surface area contributed by atoms with E-state index in [9.17, 15) is 13.8 Å². The van der Waals surface area contributed by atoms with E-state index in [1.165, 1.54) is 26.4 Å². The molecule has 0 unspecified atom stereocenters. The monoisotopic (exact) mass is 348 g/mol. The van der Waals surface area contributed by atoms with E-state index in [2.05, 4.69) is 15.4 Å². The molecule has 0 aliphatic rings. The van der Waals surface area contributed by atoms with Crippen LogP contribution in [0.2, 0.25) is 5.02 Å². The van der Waals surface area contributed by atoms with Gasteiger partial charge in [0.25, 0.3) is 0 Å². The Morgan fingerprint density at radius 2 is 2.00 bits per heavy atom. The molecule has 122 valence electrons. The summed E-state index contributed by atoms with van der Waals surface area (Å²) in [5.74, 6) is -0.0208. The first kappa shape index (κ1) is 18.2. The van der Waals surface area contributed by atoms with Crippen LogP contribution in [0.4, 0.5) is 10.5 Å². The number of anilines is 1. The van der Waals surface area contributed by atoms with Gasteiger partial charge >= 0.3 is 12.0 Å². The molecule has 0 spiro atoms. The second kappa shape index (κ2) is 8.60. The van der Waals surface area contributed by atoms with E-state index >= 15 is 0 Å².